The summed E-state index contributed by atoms with van der Waals surface area (Å²) in [5.41, 5.74) is 5.33. The van der Waals surface area contributed by atoms with Crippen molar-refractivity contribution in [2.45, 2.75) is 57.8 Å². The second kappa shape index (κ2) is 12.0. The lowest BCUT2D eigenvalue weighted by Crippen LogP contribution is -2.14. The normalized spacial score (nSPS) is 18.1. The number of hydrogen-bond acceptors (Lipinski definition) is 3. The van der Waals surface area contributed by atoms with E-state index in [0.717, 1.165) is 49.3 Å². The van der Waals surface area contributed by atoms with Gasteiger partial charge < -0.3 is 14.9 Å². The summed E-state index contributed by atoms with van der Waals surface area (Å²) in [5.74, 6) is 1.56. The topological polar surface area (TPSA) is 49.7 Å². The van der Waals surface area contributed by atoms with Crippen LogP contribution in [0.2, 0.25) is 0 Å². The number of halogens is 2. The predicted octanol–water partition coefficient (Wildman–Crippen LogP) is 7.52. The molecule has 0 aromatic heterocycles. The minimum absolute atomic E-state index is 0.0703. The zero-order chi connectivity index (χ0) is 23.8. The van der Waals surface area contributed by atoms with Gasteiger partial charge in [0.1, 0.15) is 0 Å². The van der Waals surface area contributed by atoms with Crippen molar-refractivity contribution in [1.82, 2.24) is 0 Å². The molecule has 0 radical (unpaired) electrons. The number of benzene rings is 2. The molecule has 2 aromatic carbocycles. The van der Waals surface area contributed by atoms with E-state index in [9.17, 15) is 13.9 Å². The first-order valence-electron chi connectivity index (χ1n) is 11.7. The quantitative estimate of drug-likeness (QED) is 0.364. The van der Waals surface area contributed by atoms with Gasteiger partial charge in [-0.1, -0.05) is 30.8 Å². The van der Waals surface area contributed by atoms with Gasteiger partial charge in [-0.3, -0.25) is 0 Å². The molecule has 1 saturated carbocycles. The van der Waals surface area contributed by atoms with Crippen LogP contribution in [0.3, 0.4) is 0 Å². The van der Waals surface area contributed by atoms with Gasteiger partial charge in [0.15, 0.2) is 11.5 Å². The number of hydrogen-bond donors (Lipinski definition) is 2. The molecule has 5 heteroatoms. The maximum Gasteiger partial charge on any atom is 0.266 e. The minimum Gasteiger partial charge on any atom is -0.504 e. The summed E-state index contributed by atoms with van der Waals surface area (Å²) in [7, 11) is 0. The van der Waals surface area contributed by atoms with Crippen LogP contribution < -0.4 is 4.74 Å². The van der Waals surface area contributed by atoms with E-state index >= 15 is 0 Å². The third-order valence-corrected chi connectivity index (χ3v) is 6.66. The number of phenols is 1. The van der Waals surface area contributed by atoms with Gasteiger partial charge in [0.05, 0.1) is 13.2 Å². The second-order valence-corrected chi connectivity index (χ2v) is 9.05. The van der Waals surface area contributed by atoms with Gasteiger partial charge in [0.25, 0.3) is 6.08 Å². The van der Waals surface area contributed by atoms with Crippen LogP contribution in [0.25, 0.3) is 11.1 Å². The molecule has 0 atom stereocenters. The van der Waals surface area contributed by atoms with Crippen molar-refractivity contribution in [2.24, 2.45) is 5.92 Å². The van der Waals surface area contributed by atoms with Crippen LogP contribution in [0.4, 0.5) is 8.78 Å². The molecule has 0 bridgehead atoms. The molecular weight excluding hydrogens is 422 g/mol. The summed E-state index contributed by atoms with van der Waals surface area (Å²) in [6.07, 6.45) is 5.71. The van der Waals surface area contributed by atoms with Gasteiger partial charge in [0.2, 0.25) is 0 Å². The van der Waals surface area contributed by atoms with Crippen LogP contribution in [0.1, 0.15) is 62.0 Å². The van der Waals surface area contributed by atoms with E-state index in [1.54, 1.807) is 6.07 Å². The Morgan fingerprint density at radius 2 is 1.79 bits per heavy atom. The number of aliphatic hydroxyl groups excluding tert-OH is 1. The second-order valence-electron chi connectivity index (χ2n) is 9.05. The Morgan fingerprint density at radius 3 is 2.45 bits per heavy atom. The number of aromatic hydroxyl groups is 1. The molecule has 2 N–H and O–H groups in total. The minimum atomic E-state index is -1.57. The van der Waals surface area contributed by atoms with Crippen molar-refractivity contribution in [3.05, 3.63) is 71.8 Å². The Bertz CT molecular complexity index is 971. The first kappa shape index (κ1) is 25.0. The third-order valence-electron chi connectivity index (χ3n) is 6.66. The maximum absolute atomic E-state index is 12.2. The SMILES string of the molecule is C=C(CO)CCOc1cc(-c2ccc(C3CCC(CCC=C(F)F)CC3)c(C)c2)ccc1O. The van der Waals surface area contributed by atoms with Gasteiger partial charge in [-0.2, -0.15) is 8.78 Å². The molecule has 0 unspecified atom stereocenters. The monoisotopic (exact) mass is 456 g/mol. The van der Waals surface area contributed by atoms with Crippen LogP contribution in [0.5, 0.6) is 11.5 Å². The fraction of sp³-hybridized carbons (Fsp3) is 0.429. The maximum atomic E-state index is 12.2. The molecule has 3 nitrogen and oxygen atoms in total. The van der Waals surface area contributed by atoms with Crippen molar-refractivity contribution in [1.29, 1.82) is 0 Å². The van der Waals surface area contributed by atoms with E-state index in [1.807, 2.05) is 12.1 Å². The third kappa shape index (κ3) is 7.16. The van der Waals surface area contributed by atoms with Crippen molar-refractivity contribution in [3.63, 3.8) is 0 Å². The first-order chi connectivity index (χ1) is 15.9. The van der Waals surface area contributed by atoms with Gasteiger partial charge in [-0.05, 0) is 103 Å². The Labute approximate surface area is 195 Å². The fourth-order valence-corrected chi connectivity index (χ4v) is 4.70. The average Bonchev–Trinajstić information content (AvgIpc) is 2.80. The lowest BCUT2D eigenvalue weighted by molar-refractivity contribution is 0.284. The Morgan fingerprint density at radius 1 is 1.09 bits per heavy atom. The molecule has 33 heavy (non-hydrogen) atoms. The molecule has 1 aliphatic carbocycles. The van der Waals surface area contributed by atoms with Gasteiger partial charge in [-0.15, -0.1) is 0 Å². The number of aliphatic hydroxyl groups is 1. The molecule has 2 aromatic rings. The highest BCUT2D eigenvalue weighted by Gasteiger charge is 2.23. The van der Waals surface area contributed by atoms with Crippen LogP contribution in [-0.4, -0.2) is 23.4 Å². The number of phenolic OH excluding ortho intramolecular Hbond substituents is 1. The van der Waals surface area contributed by atoms with E-state index in [4.69, 9.17) is 9.84 Å². The van der Waals surface area contributed by atoms with E-state index in [-0.39, 0.29) is 12.4 Å². The van der Waals surface area contributed by atoms with Crippen LogP contribution in [0.15, 0.2) is 60.7 Å². The number of rotatable bonds is 10. The lowest BCUT2D eigenvalue weighted by Gasteiger charge is -2.29. The molecular formula is C28H34F2O3. The smallest absolute Gasteiger partial charge is 0.266 e. The largest absolute Gasteiger partial charge is 0.504 e. The van der Waals surface area contributed by atoms with E-state index in [0.29, 0.717) is 42.6 Å². The fourth-order valence-electron chi connectivity index (χ4n) is 4.70. The summed E-state index contributed by atoms with van der Waals surface area (Å²) >= 11 is 0. The Hall–Kier alpha value is -2.66. The van der Waals surface area contributed by atoms with E-state index < -0.39 is 6.08 Å². The molecule has 178 valence electrons. The van der Waals surface area contributed by atoms with Gasteiger partial charge in [-0.25, -0.2) is 0 Å². The van der Waals surface area contributed by atoms with Crippen LogP contribution in [0, 0.1) is 12.8 Å². The van der Waals surface area contributed by atoms with Crippen molar-refractivity contribution in [3.8, 4) is 22.6 Å². The highest BCUT2D eigenvalue weighted by atomic mass is 19.3. The molecule has 0 aliphatic heterocycles. The summed E-state index contributed by atoms with van der Waals surface area (Å²) in [4.78, 5) is 0. The zero-order valence-corrected chi connectivity index (χ0v) is 19.3. The van der Waals surface area contributed by atoms with Crippen LogP contribution in [-0.2, 0) is 0 Å². The molecule has 0 amide bonds. The molecule has 3 rings (SSSR count). The Kier molecular flexibility index (Phi) is 9.07. The summed E-state index contributed by atoms with van der Waals surface area (Å²) in [6, 6.07) is 11.9. The predicted molar refractivity (Wildman–Crippen MR) is 129 cm³/mol. The van der Waals surface area contributed by atoms with Gasteiger partial charge in [0, 0.05) is 6.42 Å². The molecule has 0 heterocycles. The molecule has 1 aliphatic rings. The number of allylic oxidation sites excluding steroid dienone is 1. The van der Waals surface area contributed by atoms with Crippen molar-refractivity contribution >= 4 is 0 Å². The lowest BCUT2D eigenvalue weighted by atomic mass is 9.76. The van der Waals surface area contributed by atoms with Crippen molar-refractivity contribution in [2.75, 3.05) is 13.2 Å². The molecule has 1 fully saturated rings. The molecule has 0 spiro atoms. The van der Waals surface area contributed by atoms with Crippen molar-refractivity contribution < 1.29 is 23.7 Å². The summed E-state index contributed by atoms with van der Waals surface area (Å²) in [6.45, 7) is 6.16. The standard InChI is InChI=1S/C28H34F2O3/c1-19(18-31)14-15-33-27-17-24(11-13-26(27)32)23-10-12-25(20(2)16-23)22-8-6-21(7-9-22)4-3-5-28(29)30/h5,10-13,16-17,21-22,31-32H,1,3-4,6-9,14-15,18H2,2H3. The van der Waals surface area contributed by atoms with E-state index in [1.165, 1.54) is 11.1 Å². The van der Waals surface area contributed by atoms with E-state index in [2.05, 4.69) is 31.7 Å². The highest BCUT2D eigenvalue weighted by molar-refractivity contribution is 5.68. The number of aryl methyl sites for hydroxylation is 1. The first-order valence-corrected chi connectivity index (χ1v) is 11.7. The zero-order valence-electron chi connectivity index (χ0n) is 19.3. The molecule has 0 saturated heterocycles. The number of ether oxygens (including phenoxy) is 1. The average molecular weight is 457 g/mol. The summed E-state index contributed by atoms with van der Waals surface area (Å²) < 4.78 is 30.2. The Balaban J connectivity index is 1.63. The summed E-state index contributed by atoms with van der Waals surface area (Å²) in [5, 5.41) is 19.2. The van der Waals surface area contributed by atoms with Gasteiger partial charge >= 0.3 is 0 Å². The highest BCUT2D eigenvalue weighted by Crippen LogP contribution is 2.40. The van der Waals surface area contributed by atoms with Crippen LogP contribution >= 0.6 is 0 Å².